The quantitative estimate of drug-likeness (QED) is 0.627. The molecule has 1 aliphatic carbocycles. The topological polar surface area (TPSA) is 0 Å². The Morgan fingerprint density at radius 3 is 1.62 bits per heavy atom. The monoisotopic (exact) mass is 244 g/mol. The van der Waals surface area contributed by atoms with E-state index in [9.17, 15) is 22.0 Å². The van der Waals surface area contributed by atoms with E-state index < -0.39 is 23.4 Å². The van der Waals surface area contributed by atoms with Crippen LogP contribution in [0.1, 0.15) is 40.0 Å². The van der Waals surface area contributed by atoms with E-state index in [-0.39, 0.29) is 12.3 Å². The predicted octanol–water partition coefficient (Wildman–Crippen LogP) is 4.44. The van der Waals surface area contributed by atoms with Gasteiger partial charge in [-0.1, -0.05) is 33.6 Å². The Hall–Kier alpha value is -0.350. The van der Waals surface area contributed by atoms with Crippen LogP contribution in [0, 0.1) is 11.8 Å². The zero-order valence-corrected chi connectivity index (χ0v) is 9.67. The molecule has 1 fully saturated rings. The maximum atomic E-state index is 13.5. The zero-order valence-electron chi connectivity index (χ0n) is 9.67. The lowest BCUT2D eigenvalue weighted by molar-refractivity contribution is -0.0278. The summed E-state index contributed by atoms with van der Waals surface area (Å²) in [6, 6.07) is 0. The molecular formula is C11H17F5. The minimum Gasteiger partial charge on any atom is -0.230 e. The molecule has 0 N–H and O–H groups in total. The number of alkyl halides is 5. The highest BCUT2D eigenvalue weighted by molar-refractivity contribution is 5.30. The summed E-state index contributed by atoms with van der Waals surface area (Å²) < 4.78 is 64.3. The number of hydrogen-bond donors (Lipinski definition) is 0. The first-order valence-corrected chi connectivity index (χ1v) is 5.57. The first kappa shape index (κ1) is 13.7. The second kappa shape index (κ2) is 3.84. The van der Waals surface area contributed by atoms with E-state index in [4.69, 9.17) is 0 Å². The van der Waals surface area contributed by atoms with Crippen molar-refractivity contribution in [3.05, 3.63) is 0 Å². The Morgan fingerprint density at radius 2 is 1.31 bits per heavy atom. The molecule has 2 atom stereocenters. The van der Waals surface area contributed by atoms with E-state index in [0.717, 1.165) is 13.3 Å². The Morgan fingerprint density at radius 1 is 0.875 bits per heavy atom. The third-order valence-electron chi connectivity index (χ3n) is 3.71. The number of halogens is 5. The standard InChI is InChI=1S/C11H17F5/c1-4-7(2)5-6-8(3)9(12)10(13,14)11(9,15)16/h7-8H,4-6H2,1-3H3. The molecule has 0 aromatic heterocycles. The summed E-state index contributed by atoms with van der Waals surface area (Å²) in [5, 5.41) is 0. The minimum atomic E-state index is -4.49. The number of rotatable bonds is 5. The smallest absolute Gasteiger partial charge is 0.230 e. The molecule has 5 heteroatoms. The Bertz CT molecular complexity index is 247. The van der Waals surface area contributed by atoms with Crippen molar-refractivity contribution in [2.45, 2.75) is 57.5 Å². The third kappa shape index (κ3) is 1.54. The van der Waals surface area contributed by atoms with E-state index >= 15 is 0 Å². The maximum absolute atomic E-state index is 13.5. The van der Waals surface area contributed by atoms with Gasteiger partial charge < -0.3 is 0 Å². The summed E-state index contributed by atoms with van der Waals surface area (Å²) in [6.07, 6.45) is 1.39. The molecule has 0 saturated heterocycles. The third-order valence-corrected chi connectivity index (χ3v) is 3.71. The molecule has 0 amide bonds. The van der Waals surface area contributed by atoms with Gasteiger partial charge in [0.05, 0.1) is 0 Å². The van der Waals surface area contributed by atoms with Crippen LogP contribution in [0.5, 0.6) is 0 Å². The molecule has 1 aliphatic rings. The molecule has 0 aromatic carbocycles. The average molecular weight is 244 g/mol. The van der Waals surface area contributed by atoms with Gasteiger partial charge in [0.1, 0.15) is 0 Å². The van der Waals surface area contributed by atoms with Crippen LogP contribution < -0.4 is 0 Å². The summed E-state index contributed by atoms with van der Waals surface area (Å²) in [5.74, 6) is -10.1. The average Bonchev–Trinajstić information content (AvgIpc) is 2.53. The summed E-state index contributed by atoms with van der Waals surface area (Å²) in [4.78, 5) is 0. The lowest BCUT2D eigenvalue weighted by Gasteiger charge is -2.17. The van der Waals surface area contributed by atoms with E-state index in [2.05, 4.69) is 0 Å². The highest BCUT2D eigenvalue weighted by Crippen LogP contribution is 2.71. The van der Waals surface area contributed by atoms with Gasteiger partial charge in [0.15, 0.2) is 0 Å². The summed E-state index contributed by atoms with van der Waals surface area (Å²) in [6.45, 7) is 4.94. The van der Waals surface area contributed by atoms with Gasteiger partial charge in [0, 0.05) is 5.92 Å². The van der Waals surface area contributed by atoms with Crippen molar-refractivity contribution >= 4 is 0 Å². The van der Waals surface area contributed by atoms with Crippen LogP contribution in [0.25, 0.3) is 0 Å². The highest BCUT2D eigenvalue weighted by Gasteiger charge is 2.99. The van der Waals surface area contributed by atoms with Crippen molar-refractivity contribution in [2.24, 2.45) is 11.8 Å². The van der Waals surface area contributed by atoms with Crippen molar-refractivity contribution in [1.29, 1.82) is 0 Å². The van der Waals surface area contributed by atoms with Gasteiger partial charge in [-0.15, -0.1) is 0 Å². The number of hydrogen-bond acceptors (Lipinski definition) is 0. The van der Waals surface area contributed by atoms with Gasteiger partial charge >= 0.3 is 11.8 Å². The minimum absolute atomic E-state index is 0.0662. The molecule has 0 aromatic rings. The van der Waals surface area contributed by atoms with E-state index in [1.54, 1.807) is 0 Å². The Labute approximate surface area is 92.2 Å². The molecule has 0 spiro atoms. The molecule has 0 aliphatic heterocycles. The van der Waals surface area contributed by atoms with Crippen molar-refractivity contribution in [3.8, 4) is 0 Å². The van der Waals surface area contributed by atoms with Crippen LogP contribution in [-0.4, -0.2) is 17.5 Å². The van der Waals surface area contributed by atoms with Crippen LogP contribution in [0.15, 0.2) is 0 Å². The summed E-state index contributed by atoms with van der Waals surface area (Å²) in [5.41, 5.74) is -3.63. The van der Waals surface area contributed by atoms with Crippen LogP contribution >= 0.6 is 0 Å². The van der Waals surface area contributed by atoms with Crippen molar-refractivity contribution < 1.29 is 22.0 Å². The van der Waals surface area contributed by atoms with E-state index in [0.29, 0.717) is 6.42 Å². The Kier molecular flexibility index (Phi) is 3.29. The fraction of sp³-hybridized carbons (Fsp3) is 1.00. The van der Waals surface area contributed by atoms with Crippen LogP contribution in [-0.2, 0) is 0 Å². The molecule has 16 heavy (non-hydrogen) atoms. The van der Waals surface area contributed by atoms with E-state index in [1.165, 1.54) is 0 Å². The van der Waals surface area contributed by atoms with Crippen LogP contribution in [0.2, 0.25) is 0 Å². The lowest BCUT2D eigenvalue weighted by atomic mass is 9.92. The molecule has 96 valence electrons. The lowest BCUT2D eigenvalue weighted by Crippen LogP contribution is -2.24. The summed E-state index contributed by atoms with van der Waals surface area (Å²) >= 11 is 0. The molecule has 0 radical (unpaired) electrons. The second-order valence-corrected chi connectivity index (χ2v) is 4.85. The van der Waals surface area contributed by atoms with Gasteiger partial charge in [-0.2, -0.15) is 17.6 Å². The normalized spacial score (nSPS) is 28.5. The first-order chi connectivity index (χ1) is 7.13. The molecule has 0 bridgehead atoms. The second-order valence-electron chi connectivity index (χ2n) is 4.85. The van der Waals surface area contributed by atoms with Crippen molar-refractivity contribution in [1.82, 2.24) is 0 Å². The van der Waals surface area contributed by atoms with Crippen molar-refractivity contribution in [3.63, 3.8) is 0 Å². The molecule has 2 unspecified atom stereocenters. The van der Waals surface area contributed by atoms with Gasteiger partial charge in [0.25, 0.3) is 5.67 Å². The molecule has 1 rings (SSSR count). The van der Waals surface area contributed by atoms with Gasteiger partial charge in [0.2, 0.25) is 0 Å². The highest BCUT2D eigenvalue weighted by atomic mass is 19.3. The largest absolute Gasteiger partial charge is 0.353 e. The zero-order chi connectivity index (χ0) is 12.8. The fourth-order valence-corrected chi connectivity index (χ4v) is 1.96. The fourth-order valence-electron chi connectivity index (χ4n) is 1.96. The predicted molar refractivity (Wildman–Crippen MR) is 51.6 cm³/mol. The maximum Gasteiger partial charge on any atom is 0.353 e. The molecule has 1 saturated carbocycles. The van der Waals surface area contributed by atoms with E-state index in [1.807, 2.05) is 13.8 Å². The summed E-state index contributed by atoms with van der Waals surface area (Å²) in [7, 11) is 0. The van der Waals surface area contributed by atoms with Gasteiger partial charge in [-0.25, -0.2) is 4.39 Å². The first-order valence-electron chi connectivity index (χ1n) is 5.57. The Balaban J connectivity index is 2.60. The molecule has 0 nitrogen and oxygen atoms in total. The molecule has 0 heterocycles. The van der Waals surface area contributed by atoms with Crippen molar-refractivity contribution in [2.75, 3.05) is 0 Å². The SMILES string of the molecule is CCC(C)CCC(C)C1(F)C(F)(F)C1(F)F. The molecular weight excluding hydrogens is 227 g/mol. The van der Waals surface area contributed by atoms with Crippen LogP contribution in [0.3, 0.4) is 0 Å². The van der Waals surface area contributed by atoms with Crippen LogP contribution in [0.4, 0.5) is 22.0 Å². The van der Waals surface area contributed by atoms with Gasteiger partial charge in [-0.3, -0.25) is 0 Å². The van der Waals surface area contributed by atoms with Gasteiger partial charge in [-0.05, 0) is 12.3 Å².